The highest BCUT2D eigenvalue weighted by Gasteiger charge is 2.40. The number of amides is 1. The van der Waals surface area contributed by atoms with E-state index < -0.39 is 34.6 Å². The van der Waals surface area contributed by atoms with Gasteiger partial charge in [0.2, 0.25) is 0 Å². The monoisotopic (exact) mass is 350 g/mol. The zero-order valence-corrected chi connectivity index (χ0v) is 13.7. The van der Waals surface area contributed by atoms with Crippen LogP contribution < -0.4 is 5.32 Å². The maximum atomic E-state index is 14.3. The Hall–Kier alpha value is -2.54. The van der Waals surface area contributed by atoms with E-state index >= 15 is 0 Å². The normalized spacial score (nSPS) is 15.7. The second-order valence-corrected chi connectivity index (χ2v) is 6.55. The molecule has 0 unspecified atom stereocenters. The number of anilines is 2. The van der Waals surface area contributed by atoms with Crippen LogP contribution in [0.1, 0.15) is 22.8 Å². The van der Waals surface area contributed by atoms with Gasteiger partial charge in [-0.3, -0.25) is 4.79 Å². The zero-order valence-electron chi connectivity index (χ0n) is 13.7. The van der Waals surface area contributed by atoms with Gasteiger partial charge in [0, 0.05) is 0 Å². The lowest BCUT2D eigenvalue weighted by Gasteiger charge is -2.44. The van der Waals surface area contributed by atoms with E-state index in [0.29, 0.717) is 5.56 Å². The number of hydrogen-bond acceptors (Lipinski definition) is 3. The number of rotatable bonds is 3. The molecule has 132 valence electrons. The van der Waals surface area contributed by atoms with Crippen LogP contribution in [0.4, 0.5) is 24.5 Å². The van der Waals surface area contributed by atoms with Gasteiger partial charge in [-0.25, -0.2) is 13.2 Å². The van der Waals surface area contributed by atoms with Crippen molar-refractivity contribution in [2.24, 2.45) is 0 Å². The van der Waals surface area contributed by atoms with Crippen molar-refractivity contribution in [3.05, 3.63) is 58.9 Å². The number of β-amino-alcohol motifs (C(OH)–C–C–N with tert-alkyl or cyclic N) is 1. The highest BCUT2D eigenvalue weighted by Crippen LogP contribution is 2.31. The summed E-state index contributed by atoms with van der Waals surface area (Å²) >= 11 is 0. The number of aryl methyl sites for hydroxylation is 1. The quantitative estimate of drug-likeness (QED) is 0.893. The van der Waals surface area contributed by atoms with Crippen molar-refractivity contribution < 1.29 is 23.1 Å². The van der Waals surface area contributed by atoms with E-state index in [4.69, 9.17) is 0 Å². The number of carbonyl (C=O) groups excluding carboxylic acids is 1. The summed E-state index contributed by atoms with van der Waals surface area (Å²) in [6.07, 6.45) is 0. The molecule has 1 aliphatic heterocycles. The molecule has 0 aliphatic carbocycles. The summed E-state index contributed by atoms with van der Waals surface area (Å²) in [5.41, 5.74) is -0.958. The molecule has 25 heavy (non-hydrogen) atoms. The van der Waals surface area contributed by atoms with Gasteiger partial charge < -0.3 is 15.3 Å². The van der Waals surface area contributed by atoms with E-state index in [1.165, 1.54) is 17.0 Å². The van der Waals surface area contributed by atoms with E-state index in [2.05, 4.69) is 5.32 Å². The van der Waals surface area contributed by atoms with E-state index in [-0.39, 0.29) is 24.3 Å². The molecule has 1 amide bonds. The summed E-state index contributed by atoms with van der Waals surface area (Å²) in [4.78, 5) is 13.8. The Morgan fingerprint density at radius 2 is 1.84 bits per heavy atom. The molecule has 3 rings (SSSR count). The molecular weight excluding hydrogens is 333 g/mol. The summed E-state index contributed by atoms with van der Waals surface area (Å²) < 4.78 is 41.9. The Balaban J connectivity index is 1.97. The molecule has 1 fully saturated rings. The third-order valence-corrected chi connectivity index (χ3v) is 4.06. The molecule has 2 aromatic carbocycles. The smallest absolute Gasteiger partial charge is 0.256 e. The maximum Gasteiger partial charge on any atom is 0.256 e. The average molecular weight is 350 g/mol. The van der Waals surface area contributed by atoms with Crippen molar-refractivity contribution in [3.8, 4) is 0 Å². The fraction of sp³-hybridized carbons (Fsp3) is 0.278. The van der Waals surface area contributed by atoms with Crippen molar-refractivity contribution >= 4 is 17.3 Å². The number of benzene rings is 2. The molecule has 7 heteroatoms. The van der Waals surface area contributed by atoms with E-state index in [0.717, 1.165) is 12.1 Å². The Bertz CT molecular complexity index is 844. The van der Waals surface area contributed by atoms with Gasteiger partial charge in [-0.2, -0.15) is 0 Å². The predicted octanol–water partition coefficient (Wildman–Crippen LogP) is 3.36. The minimum absolute atomic E-state index is 0.0697. The highest BCUT2D eigenvalue weighted by atomic mass is 19.2. The van der Waals surface area contributed by atoms with Gasteiger partial charge in [-0.1, -0.05) is 6.07 Å². The Morgan fingerprint density at radius 3 is 2.44 bits per heavy atom. The molecule has 2 N–H and O–H groups in total. The molecule has 0 radical (unpaired) electrons. The lowest BCUT2D eigenvalue weighted by atomic mass is 9.95. The fourth-order valence-corrected chi connectivity index (χ4v) is 2.80. The van der Waals surface area contributed by atoms with Gasteiger partial charge in [0.1, 0.15) is 5.82 Å². The third kappa shape index (κ3) is 3.32. The Kier molecular flexibility index (Phi) is 4.20. The summed E-state index contributed by atoms with van der Waals surface area (Å²) in [6.45, 7) is 3.44. The number of nitrogens with one attached hydrogen (secondary N) is 1. The molecule has 1 saturated heterocycles. The first-order chi connectivity index (χ1) is 11.7. The SMILES string of the molecule is Cc1ccc(Nc2c(C(=O)N3CC(C)(O)C3)ccc(F)c2F)c(F)c1. The first-order valence-corrected chi connectivity index (χ1v) is 7.71. The van der Waals surface area contributed by atoms with Crippen LogP contribution in [0.5, 0.6) is 0 Å². The molecule has 1 heterocycles. The van der Waals surface area contributed by atoms with Crippen molar-refractivity contribution in [3.63, 3.8) is 0 Å². The second kappa shape index (κ2) is 6.07. The summed E-state index contributed by atoms with van der Waals surface area (Å²) in [6, 6.07) is 6.22. The lowest BCUT2D eigenvalue weighted by Crippen LogP contribution is -2.61. The number of aliphatic hydroxyl groups is 1. The predicted molar refractivity (Wildman–Crippen MR) is 87.3 cm³/mol. The number of hydrogen-bond donors (Lipinski definition) is 2. The van der Waals surface area contributed by atoms with Gasteiger partial charge in [-0.15, -0.1) is 0 Å². The Labute approximate surface area is 142 Å². The van der Waals surface area contributed by atoms with Gasteiger partial charge >= 0.3 is 0 Å². The molecule has 2 aromatic rings. The van der Waals surface area contributed by atoms with Crippen molar-refractivity contribution in [2.45, 2.75) is 19.4 Å². The maximum absolute atomic E-state index is 14.3. The molecule has 0 spiro atoms. The van der Waals surface area contributed by atoms with Gasteiger partial charge in [0.05, 0.1) is 35.6 Å². The minimum Gasteiger partial charge on any atom is -0.386 e. The first-order valence-electron chi connectivity index (χ1n) is 7.71. The van der Waals surface area contributed by atoms with Crippen LogP contribution in [-0.2, 0) is 0 Å². The summed E-state index contributed by atoms with van der Waals surface area (Å²) in [5.74, 6) is -3.63. The molecule has 1 aliphatic rings. The molecule has 0 atom stereocenters. The van der Waals surface area contributed by atoms with Crippen molar-refractivity contribution in [1.82, 2.24) is 4.90 Å². The van der Waals surface area contributed by atoms with Crippen LogP contribution in [0.2, 0.25) is 0 Å². The molecule has 0 aromatic heterocycles. The zero-order chi connectivity index (χ0) is 18.4. The largest absolute Gasteiger partial charge is 0.386 e. The van der Waals surface area contributed by atoms with E-state index in [1.54, 1.807) is 19.9 Å². The van der Waals surface area contributed by atoms with E-state index in [9.17, 15) is 23.1 Å². The van der Waals surface area contributed by atoms with Crippen LogP contribution in [0, 0.1) is 24.4 Å². The van der Waals surface area contributed by atoms with Gasteiger partial charge in [0.25, 0.3) is 5.91 Å². The van der Waals surface area contributed by atoms with Crippen molar-refractivity contribution in [1.29, 1.82) is 0 Å². The van der Waals surface area contributed by atoms with Crippen LogP contribution in [0.3, 0.4) is 0 Å². The molecule has 0 bridgehead atoms. The fourth-order valence-electron chi connectivity index (χ4n) is 2.80. The van der Waals surface area contributed by atoms with Crippen molar-refractivity contribution in [2.75, 3.05) is 18.4 Å². The summed E-state index contributed by atoms with van der Waals surface area (Å²) in [5, 5.41) is 12.2. The standard InChI is InChI=1S/C18H17F3N2O2/c1-10-3-6-14(13(20)7-10)22-16-11(4-5-12(19)15(16)21)17(24)23-8-18(2,25)9-23/h3-7,22,25H,8-9H2,1-2H3. The summed E-state index contributed by atoms with van der Waals surface area (Å²) in [7, 11) is 0. The lowest BCUT2D eigenvalue weighted by molar-refractivity contribution is -0.0668. The molecular formula is C18H17F3N2O2. The Morgan fingerprint density at radius 1 is 1.16 bits per heavy atom. The van der Waals surface area contributed by atoms with Gasteiger partial charge in [0.15, 0.2) is 11.6 Å². The second-order valence-electron chi connectivity index (χ2n) is 6.55. The minimum atomic E-state index is -1.27. The average Bonchev–Trinajstić information content (AvgIpc) is 2.51. The first kappa shape index (κ1) is 17.3. The highest BCUT2D eigenvalue weighted by molar-refractivity contribution is 6.01. The van der Waals surface area contributed by atoms with Crippen LogP contribution in [0.25, 0.3) is 0 Å². The van der Waals surface area contributed by atoms with E-state index in [1.807, 2.05) is 0 Å². The van der Waals surface area contributed by atoms with Gasteiger partial charge in [-0.05, 0) is 43.7 Å². The number of carbonyl (C=O) groups is 1. The molecule has 4 nitrogen and oxygen atoms in total. The van der Waals surface area contributed by atoms with Crippen LogP contribution >= 0.6 is 0 Å². The number of halogens is 3. The number of nitrogens with zero attached hydrogens (tertiary/aromatic N) is 1. The third-order valence-electron chi connectivity index (χ3n) is 4.06. The molecule has 0 saturated carbocycles. The number of likely N-dealkylation sites (tertiary alicyclic amines) is 1. The van der Waals surface area contributed by atoms with Crippen LogP contribution in [-0.4, -0.2) is 34.6 Å². The topological polar surface area (TPSA) is 52.6 Å². The van der Waals surface area contributed by atoms with Crippen LogP contribution in [0.15, 0.2) is 30.3 Å².